The minimum Gasteiger partial charge on any atom is -0.493 e. The second-order valence-electron chi connectivity index (χ2n) is 7.85. The van der Waals surface area contributed by atoms with Gasteiger partial charge in [0.05, 0.1) is 13.2 Å². The van der Waals surface area contributed by atoms with Crippen LogP contribution in [0.2, 0.25) is 0 Å². The quantitative estimate of drug-likeness (QED) is 0.667. The molecule has 0 unspecified atom stereocenters. The van der Waals surface area contributed by atoms with Gasteiger partial charge in [0.25, 0.3) is 0 Å². The number of hydrogen-bond acceptors (Lipinski definition) is 5. The maximum absolute atomic E-state index is 11.9. The summed E-state index contributed by atoms with van der Waals surface area (Å²) in [5, 5.41) is 0. The number of carbonyl (C=O) groups is 2. The Morgan fingerprint density at radius 3 is 2.16 bits per heavy atom. The summed E-state index contributed by atoms with van der Waals surface area (Å²) in [7, 11) is 1.62. The van der Waals surface area contributed by atoms with E-state index < -0.39 is 5.91 Å². The lowest BCUT2D eigenvalue weighted by Gasteiger charge is -2.36. The van der Waals surface area contributed by atoms with Crippen molar-refractivity contribution < 1.29 is 19.1 Å². The highest BCUT2D eigenvalue weighted by Gasteiger charge is 2.23. The molecular weight excluding hydrogens is 406 g/mol. The standard InChI is InChI=1S/C17H25N3O4.C8H10/c1-12(2)24-15-10-13(4-5-14(15)23-3)19-6-8-20(9-7-19)17(22)11-16(18)21;1-2-8-6-4-3-5-7-8/h4-5,10,12H,6-9,11H2,1-3H3,(H2,18,21);3-7H,2H2,1H3. The van der Waals surface area contributed by atoms with Gasteiger partial charge in [-0.3, -0.25) is 9.59 Å². The topological polar surface area (TPSA) is 85.1 Å². The fourth-order valence-electron chi connectivity index (χ4n) is 3.40. The summed E-state index contributed by atoms with van der Waals surface area (Å²) in [4.78, 5) is 26.6. The van der Waals surface area contributed by atoms with Crippen LogP contribution in [0, 0.1) is 0 Å². The number of anilines is 1. The molecule has 1 aliphatic rings. The number of amides is 2. The van der Waals surface area contributed by atoms with Gasteiger partial charge in [-0.25, -0.2) is 0 Å². The zero-order chi connectivity index (χ0) is 23.5. The second kappa shape index (κ2) is 12.6. The van der Waals surface area contributed by atoms with E-state index in [9.17, 15) is 9.59 Å². The van der Waals surface area contributed by atoms with E-state index in [1.807, 2.05) is 38.1 Å². The van der Waals surface area contributed by atoms with Crippen LogP contribution in [-0.2, 0) is 16.0 Å². The Labute approximate surface area is 191 Å². The van der Waals surface area contributed by atoms with E-state index in [4.69, 9.17) is 15.2 Å². The molecule has 2 N–H and O–H groups in total. The first-order valence-corrected chi connectivity index (χ1v) is 11.0. The van der Waals surface area contributed by atoms with Crippen LogP contribution in [0.25, 0.3) is 0 Å². The number of methoxy groups -OCH3 is 1. The van der Waals surface area contributed by atoms with Crippen LogP contribution in [0.3, 0.4) is 0 Å². The van der Waals surface area contributed by atoms with Gasteiger partial charge >= 0.3 is 0 Å². The van der Waals surface area contributed by atoms with Gasteiger partial charge in [0.2, 0.25) is 11.8 Å². The predicted octanol–water partition coefficient (Wildman–Crippen LogP) is 3.26. The summed E-state index contributed by atoms with van der Waals surface area (Å²) < 4.78 is 11.1. The Bertz CT molecular complexity index is 863. The number of ether oxygens (including phenoxy) is 2. The molecule has 1 fully saturated rings. The fourth-order valence-corrected chi connectivity index (χ4v) is 3.40. The number of nitrogens with zero attached hydrogens (tertiary/aromatic N) is 2. The molecule has 1 aliphatic heterocycles. The van der Waals surface area contributed by atoms with Gasteiger partial charge in [0.1, 0.15) is 6.42 Å². The average Bonchev–Trinajstić information content (AvgIpc) is 2.79. The first-order valence-electron chi connectivity index (χ1n) is 11.0. The molecule has 0 aliphatic carbocycles. The molecule has 3 rings (SSSR count). The Kier molecular flexibility index (Phi) is 9.85. The molecule has 1 saturated heterocycles. The molecule has 0 aromatic heterocycles. The van der Waals surface area contributed by atoms with Gasteiger partial charge in [-0.1, -0.05) is 37.3 Å². The third-order valence-electron chi connectivity index (χ3n) is 5.08. The molecule has 7 heteroatoms. The normalized spacial score (nSPS) is 13.3. The van der Waals surface area contributed by atoms with Crippen LogP contribution in [0.4, 0.5) is 5.69 Å². The number of primary amides is 1. The van der Waals surface area contributed by atoms with E-state index >= 15 is 0 Å². The van der Waals surface area contributed by atoms with Gasteiger partial charge < -0.3 is 25.0 Å². The summed E-state index contributed by atoms with van der Waals surface area (Å²) >= 11 is 0. The number of carbonyl (C=O) groups excluding carboxylic acids is 2. The minimum atomic E-state index is -0.590. The highest BCUT2D eigenvalue weighted by atomic mass is 16.5. The minimum absolute atomic E-state index is 0.0532. The molecule has 0 atom stereocenters. The van der Waals surface area contributed by atoms with Crippen LogP contribution in [0.1, 0.15) is 32.8 Å². The molecule has 0 radical (unpaired) electrons. The first-order chi connectivity index (χ1) is 15.3. The Morgan fingerprint density at radius 2 is 1.66 bits per heavy atom. The lowest BCUT2D eigenvalue weighted by atomic mass is 10.2. The molecule has 0 saturated carbocycles. The Morgan fingerprint density at radius 1 is 1.00 bits per heavy atom. The number of nitrogens with two attached hydrogens (primary N) is 1. The molecule has 0 spiro atoms. The summed E-state index contributed by atoms with van der Waals surface area (Å²) in [6.07, 6.45) is 0.966. The molecule has 1 heterocycles. The zero-order valence-electron chi connectivity index (χ0n) is 19.5. The van der Waals surface area contributed by atoms with Crippen molar-refractivity contribution in [3.05, 3.63) is 54.1 Å². The molecule has 2 aromatic carbocycles. The van der Waals surface area contributed by atoms with Gasteiger partial charge in [-0.15, -0.1) is 0 Å². The number of piperazine rings is 1. The SMILES string of the molecule is CCc1ccccc1.COc1ccc(N2CCN(C(=O)CC(N)=O)CC2)cc1OC(C)C. The van der Waals surface area contributed by atoms with Crippen molar-refractivity contribution in [3.63, 3.8) is 0 Å². The summed E-state index contributed by atoms with van der Waals surface area (Å²) in [5.41, 5.74) is 7.51. The van der Waals surface area contributed by atoms with E-state index in [-0.39, 0.29) is 18.4 Å². The third kappa shape index (κ3) is 7.80. The largest absolute Gasteiger partial charge is 0.493 e. The van der Waals surface area contributed by atoms with Crippen LogP contribution in [0.15, 0.2) is 48.5 Å². The highest BCUT2D eigenvalue weighted by molar-refractivity contribution is 5.96. The van der Waals surface area contributed by atoms with E-state index in [1.54, 1.807) is 12.0 Å². The molecule has 2 aromatic rings. The maximum atomic E-state index is 11.9. The van der Waals surface area contributed by atoms with Gasteiger partial charge in [-0.05, 0) is 38.0 Å². The van der Waals surface area contributed by atoms with E-state index in [1.165, 1.54) is 5.56 Å². The zero-order valence-corrected chi connectivity index (χ0v) is 19.5. The predicted molar refractivity (Wildman–Crippen MR) is 127 cm³/mol. The number of hydrogen-bond donors (Lipinski definition) is 1. The lowest BCUT2D eigenvalue weighted by molar-refractivity contribution is -0.135. The molecule has 0 bridgehead atoms. The summed E-state index contributed by atoms with van der Waals surface area (Å²) in [5.74, 6) is 0.605. The van der Waals surface area contributed by atoms with Crippen LogP contribution in [-0.4, -0.2) is 56.1 Å². The van der Waals surface area contributed by atoms with Gasteiger partial charge in [-0.2, -0.15) is 0 Å². The molecule has 2 amide bonds. The summed E-state index contributed by atoms with van der Waals surface area (Å²) in [6, 6.07) is 16.3. The monoisotopic (exact) mass is 441 g/mol. The Balaban J connectivity index is 0.000000380. The van der Waals surface area contributed by atoms with Crippen molar-refractivity contribution in [2.45, 2.75) is 39.7 Å². The maximum Gasteiger partial charge on any atom is 0.232 e. The van der Waals surface area contributed by atoms with E-state index in [2.05, 4.69) is 36.1 Å². The average molecular weight is 442 g/mol. The summed E-state index contributed by atoms with van der Waals surface area (Å²) in [6.45, 7) is 8.62. The molecule has 174 valence electrons. The van der Waals surface area contributed by atoms with Crippen molar-refractivity contribution >= 4 is 17.5 Å². The van der Waals surface area contributed by atoms with Crippen LogP contribution in [0.5, 0.6) is 11.5 Å². The smallest absolute Gasteiger partial charge is 0.232 e. The van der Waals surface area contributed by atoms with Gasteiger partial charge in [0.15, 0.2) is 11.5 Å². The van der Waals surface area contributed by atoms with Crippen molar-refractivity contribution in [3.8, 4) is 11.5 Å². The van der Waals surface area contributed by atoms with Crippen molar-refractivity contribution in [1.29, 1.82) is 0 Å². The second-order valence-corrected chi connectivity index (χ2v) is 7.85. The van der Waals surface area contributed by atoms with E-state index in [0.717, 1.165) is 12.1 Å². The van der Waals surface area contributed by atoms with Crippen LogP contribution >= 0.6 is 0 Å². The first kappa shape index (κ1) is 25.0. The molecular formula is C25H35N3O4. The fraction of sp³-hybridized carbons (Fsp3) is 0.440. The van der Waals surface area contributed by atoms with E-state index in [0.29, 0.717) is 37.7 Å². The number of benzene rings is 2. The molecule has 32 heavy (non-hydrogen) atoms. The number of rotatable bonds is 7. The van der Waals surface area contributed by atoms with Crippen LogP contribution < -0.4 is 20.1 Å². The van der Waals surface area contributed by atoms with Crippen molar-refractivity contribution in [2.24, 2.45) is 5.73 Å². The third-order valence-corrected chi connectivity index (χ3v) is 5.08. The molecule has 7 nitrogen and oxygen atoms in total. The number of aryl methyl sites for hydroxylation is 1. The van der Waals surface area contributed by atoms with Crippen molar-refractivity contribution in [2.75, 3.05) is 38.2 Å². The highest BCUT2D eigenvalue weighted by Crippen LogP contribution is 2.33. The Hall–Kier alpha value is -3.22. The van der Waals surface area contributed by atoms with Crippen molar-refractivity contribution in [1.82, 2.24) is 4.90 Å². The van der Waals surface area contributed by atoms with Gasteiger partial charge in [0, 0.05) is 37.9 Å². The lowest BCUT2D eigenvalue weighted by Crippen LogP contribution is -2.49.